The maximum absolute atomic E-state index is 12.6. The third-order valence-corrected chi connectivity index (χ3v) is 4.02. The van der Waals surface area contributed by atoms with Crippen LogP contribution in [0.5, 0.6) is 0 Å². The number of carbonyl (C=O) groups excluding carboxylic acids is 1. The summed E-state index contributed by atoms with van der Waals surface area (Å²) in [6.45, 7) is 5.20. The molecule has 1 saturated heterocycles. The lowest BCUT2D eigenvalue weighted by atomic mass is 10.0. The fraction of sp³-hybridized carbons (Fsp3) is 0.692. The molecule has 0 spiro atoms. The summed E-state index contributed by atoms with van der Waals surface area (Å²) in [5.41, 5.74) is 0.928. The molecule has 1 amide bonds. The van der Waals surface area contributed by atoms with Gasteiger partial charge in [0.15, 0.2) is 0 Å². The molecule has 19 heavy (non-hydrogen) atoms. The van der Waals surface area contributed by atoms with E-state index in [2.05, 4.69) is 24.3 Å². The monoisotopic (exact) mass is 286 g/mol. The van der Waals surface area contributed by atoms with Crippen LogP contribution in [0.1, 0.15) is 31.9 Å². The van der Waals surface area contributed by atoms with Crippen LogP contribution < -0.4 is 5.32 Å². The Bertz CT molecular complexity index is 434. The average molecular weight is 287 g/mol. The van der Waals surface area contributed by atoms with E-state index in [9.17, 15) is 4.79 Å². The van der Waals surface area contributed by atoms with E-state index < -0.39 is 0 Å². The van der Waals surface area contributed by atoms with Crippen LogP contribution in [0.25, 0.3) is 0 Å². The molecule has 3 atom stereocenters. The summed E-state index contributed by atoms with van der Waals surface area (Å²) < 4.78 is 1.73. The lowest BCUT2D eigenvalue weighted by Gasteiger charge is -2.27. The molecule has 1 aliphatic rings. The molecule has 6 heteroatoms. The second-order valence-electron chi connectivity index (χ2n) is 5.21. The van der Waals surface area contributed by atoms with Gasteiger partial charge in [0.05, 0.1) is 6.20 Å². The quantitative estimate of drug-likeness (QED) is 0.913. The number of hydrogen-bond acceptors (Lipinski definition) is 3. The number of nitrogens with zero attached hydrogens (tertiary/aromatic N) is 3. The number of likely N-dealkylation sites (tertiary alicyclic amines) is 1. The standard InChI is InChI=1S/C13H22N4O.ClH/c1-9-5-6-17(10(9)2)13(18)12(14-3)11-7-15-16(4)8-11;/h7-10,12,14H,5-6H2,1-4H3;1H. The first-order valence-electron chi connectivity index (χ1n) is 6.51. The number of halogens is 1. The van der Waals surface area contributed by atoms with E-state index in [0.717, 1.165) is 18.5 Å². The van der Waals surface area contributed by atoms with Gasteiger partial charge >= 0.3 is 0 Å². The van der Waals surface area contributed by atoms with Gasteiger partial charge in [-0.1, -0.05) is 6.92 Å². The second kappa shape index (κ2) is 6.39. The first-order valence-corrected chi connectivity index (χ1v) is 6.51. The van der Waals surface area contributed by atoms with Gasteiger partial charge < -0.3 is 10.2 Å². The third-order valence-electron chi connectivity index (χ3n) is 4.02. The minimum Gasteiger partial charge on any atom is -0.338 e. The minimum absolute atomic E-state index is 0. The van der Waals surface area contributed by atoms with E-state index in [1.54, 1.807) is 10.9 Å². The highest BCUT2D eigenvalue weighted by Crippen LogP contribution is 2.26. The number of amides is 1. The van der Waals surface area contributed by atoms with Crippen LogP contribution in [-0.2, 0) is 11.8 Å². The Morgan fingerprint density at radius 1 is 1.53 bits per heavy atom. The number of likely N-dealkylation sites (N-methyl/N-ethyl adjacent to an activating group) is 1. The highest BCUT2D eigenvalue weighted by Gasteiger charge is 2.34. The van der Waals surface area contributed by atoms with Gasteiger partial charge in [0.2, 0.25) is 5.91 Å². The summed E-state index contributed by atoms with van der Waals surface area (Å²) in [7, 11) is 3.68. The van der Waals surface area contributed by atoms with Crippen LogP contribution >= 0.6 is 12.4 Å². The van der Waals surface area contributed by atoms with Crippen LogP contribution in [0.3, 0.4) is 0 Å². The first-order chi connectivity index (χ1) is 8.54. The first kappa shape index (κ1) is 16.0. The Labute approximate surface area is 120 Å². The summed E-state index contributed by atoms with van der Waals surface area (Å²) in [5.74, 6) is 0.739. The fourth-order valence-electron chi connectivity index (χ4n) is 2.59. The summed E-state index contributed by atoms with van der Waals surface area (Å²) in [6.07, 6.45) is 4.74. The predicted octanol–water partition coefficient (Wildman–Crippen LogP) is 1.36. The van der Waals surface area contributed by atoms with Gasteiger partial charge in [-0.2, -0.15) is 5.10 Å². The van der Waals surface area contributed by atoms with Crippen molar-refractivity contribution in [2.24, 2.45) is 13.0 Å². The molecule has 2 heterocycles. The molecule has 1 fully saturated rings. The Hall–Kier alpha value is -1.07. The topological polar surface area (TPSA) is 50.2 Å². The molecule has 1 aliphatic heterocycles. The molecule has 108 valence electrons. The van der Waals surface area contributed by atoms with Gasteiger partial charge in [0.1, 0.15) is 6.04 Å². The molecule has 1 aromatic heterocycles. The molecule has 5 nitrogen and oxygen atoms in total. The number of rotatable bonds is 3. The lowest BCUT2D eigenvalue weighted by molar-refractivity contribution is -0.134. The predicted molar refractivity (Wildman–Crippen MR) is 77.2 cm³/mol. The number of hydrogen-bond donors (Lipinski definition) is 1. The molecule has 0 saturated carbocycles. The van der Waals surface area contributed by atoms with Crippen molar-refractivity contribution in [2.45, 2.75) is 32.4 Å². The minimum atomic E-state index is -0.286. The van der Waals surface area contributed by atoms with Crippen molar-refractivity contribution in [2.75, 3.05) is 13.6 Å². The fourth-order valence-corrected chi connectivity index (χ4v) is 2.59. The van der Waals surface area contributed by atoms with Crippen molar-refractivity contribution in [3.05, 3.63) is 18.0 Å². The van der Waals surface area contributed by atoms with E-state index in [1.807, 2.05) is 25.2 Å². The molecule has 1 aromatic rings. The summed E-state index contributed by atoms with van der Waals surface area (Å²) in [4.78, 5) is 14.6. The number of nitrogens with one attached hydrogen (secondary N) is 1. The van der Waals surface area contributed by atoms with Crippen molar-refractivity contribution in [1.29, 1.82) is 0 Å². The van der Waals surface area contributed by atoms with E-state index in [4.69, 9.17) is 0 Å². The van der Waals surface area contributed by atoms with Crippen molar-refractivity contribution in [1.82, 2.24) is 20.0 Å². The zero-order valence-corrected chi connectivity index (χ0v) is 12.8. The van der Waals surface area contributed by atoms with E-state index in [1.165, 1.54) is 0 Å². The lowest BCUT2D eigenvalue weighted by Crippen LogP contribution is -2.42. The Kier molecular flexibility index (Phi) is 5.38. The second-order valence-corrected chi connectivity index (χ2v) is 5.21. The summed E-state index contributed by atoms with van der Waals surface area (Å²) >= 11 is 0. The average Bonchev–Trinajstić information content (AvgIpc) is 2.89. The van der Waals surface area contributed by atoms with Crippen molar-refractivity contribution < 1.29 is 4.79 Å². The molecule has 0 radical (unpaired) electrons. The smallest absolute Gasteiger partial charge is 0.244 e. The highest BCUT2D eigenvalue weighted by atomic mass is 35.5. The molecular weight excluding hydrogens is 264 g/mol. The molecule has 0 aliphatic carbocycles. The van der Waals surface area contributed by atoms with Crippen LogP contribution in [0.15, 0.2) is 12.4 Å². The van der Waals surface area contributed by atoms with Gasteiger partial charge in [-0.25, -0.2) is 0 Å². The molecule has 2 rings (SSSR count). The zero-order chi connectivity index (χ0) is 13.3. The van der Waals surface area contributed by atoms with Gasteiger partial charge in [-0.15, -0.1) is 12.4 Å². The largest absolute Gasteiger partial charge is 0.338 e. The van der Waals surface area contributed by atoms with Crippen LogP contribution in [0.2, 0.25) is 0 Å². The van der Waals surface area contributed by atoms with E-state index in [-0.39, 0.29) is 24.4 Å². The summed E-state index contributed by atoms with van der Waals surface area (Å²) in [6, 6.07) is 0.0384. The number of aromatic nitrogens is 2. The number of carbonyl (C=O) groups is 1. The maximum Gasteiger partial charge on any atom is 0.244 e. The Morgan fingerprint density at radius 2 is 2.21 bits per heavy atom. The molecule has 1 N–H and O–H groups in total. The van der Waals surface area contributed by atoms with Crippen molar-refractivity contribution >= 4 is 18.3 Å². The van der Waals surface area contributed by atoms with Gasteiger partial charge in [0.25, 0.3) is 0 Å². The van der Waals surface area contributed by atoms with Crippen LogP contribution in [0, 0.1) is 5.92 Å². The van der Waals surface area contributed by atoms with Gasteiger partial charge in [-0.05, 0) is 26.3 Å². The number of aryl methyl sites for hydroxylation is 1. The third kappa shape index (κ3) is 3.09. The van der Waals surface area contributed by atoms with Crippen molar-refractivity contribution in [3.63, 3.8) is 0 Å². The maximum atomic E-state index is 12.6. The van der Waals surface area contributed by atoms with E-state index >= 15 is 0 Å². The normalized spacial score (nSPS) is 24.1. The molecule has 3 unspecified atom stereocenters. The molecular formula is C13H23ClN4O. The molecule has 0 bridgehead atoms. The highest BCUT2D eigenvalue weighted by molar-refractivity contribution is 5.85. The van der Waals surface area contributed by atoms with Crippen molar-refractivity contribution in [3.8, 4) is 0 Å². The van der Waals surface area contributed by atoms with Gasteiger partial charge in [-0.3, -0.25) is 9.48 Å². The summed E-state index contributed by atoms with van der Waals surface area (Å²) in [5, 5.41) is 7.23. The Balaban J connectivity index is 0.00000180. The van der Waals surface area contributed by atoms with Crippen LogP contribution in [-0.4, -0.2) is 40.2 Å². The van der Waals surface area contributed by atoms with E-state index in [0.29, 0.717) is 12.0 Å². The SMILES string of the molecule is CNC(C(=O)N1CCC(C)C1C)c1cnn(C)c1.Cl. The Morgan fingerprint density at radius 3 is 2.63 bits per heavy atom. The van der Waals surface area contributed by atoms with Crippen LogP contribution in [0.4, 0.5) is 0 Å². The van der Waals surface area contributed by atoms with Gasteiger partial charge in [0, 0.05) is 31.4 Å². The molecule has 0 aromatic carbocycles. The zero-order valence-electron chi connectivity index (χ0n) is 12.0.